The van der Waals surface area contributed by atoms with Crippen LogP contribution in [0.4, 0.5) is 0 Å². The molecule has 0 atom stereocenters. The molecule has 2 rings (SSSR count). The molecule has 1 aromatic rings. The van der Waals surface area contributed by atoms with Crippen molar-refractivity contribution in [2.75, 3.05) is 26.2 Å². The van der Waals surface area contributed by atoms with Crippen molar-refractivity contribution >= 4 is 23.6 Å². The Morgan fingerprint density at radius 1 is 0.920 bits per heavy atom. The molecule has 1 aliphatic rings. The molecule has 4 nitrogen and oxygen atoms in total. The fourth-order valence-electron chi connectivity index (χ4n) is 2.93. The average molecular weight is 363 g/mol. The largest absolute Gasteiger partial charge is 0.339 e. The molecule has 0 N–H and O–H groups in total. The van der Waals surface area contributed by atoms with Crippen LogP contribution in [0.15, 0.2) is 29.2 Å². The Hall–Kier alpha value is -1.49. The molecule has 5 heteroatoms. The van der Waals surface area contributed by atoms with Crippen molar-refractivity contribution in [2.45, 2.75) is 50.7 Å². The van der Waals surface area contributed by atoms with Crippen LogP contribution in [0.3, 0.4) is 0 Å². The minimum atomic E-state index is 0.153. The van der Waals surface area contributed by atoms with E-state index in [9.17, 15) is 9.59 Å². The molecule has 0 saturated carbocycles. The van der Waals surface area contributed by atoms with E-state index >= 15 is 0 Å². The lowest BCUT2D eigenvalue weighted by Gasteiger charge is -2.35. The topological polar surface area (TPSA) is 40.6 Å². The van der Waals surface area contributed by atoms with Crippen LogP contribution in [-0.2, 0) is 16.0 Å². The summed E-state index contributed by atoms with van der Waals surface area (Å²) in [7, 11) is 0. The second-order valence-electron chi connectivity index (χ2n) is 7.35. The summed E-state index contributed by atoms with van der Waals surface area (Å²) < 4.78 is 0. The summed E-state index contributed by atoms with van der Waals surface area (Å²) in [5.74, 6) is 0.740. The van der Waals surface area contributed by atoms with Crippen LogP contribution in [0.5, 0.6) is 0 Å². The highest BCUT2D eigenvalue weighted by Crippen LogP contribution is 2.23. The Labute approximate surface area is 156 Å². The number of piperazine rings is 1. The van der Waals surface area contributed by atoms with E-state index in [1.165, 1.54) is 4.90 Å². The van der Waals surface area contributed by atoms with Gasteiger partial charge in [0, 0.05) is 42.7 Å². The predicted molar refractivity (Wildman–Crippen MR) is 104 cm³/mol. The van der Waals surface area contributed by atoms with E-state index in [1.54, 1.807) is 0 Å². The number of amides is 2. The molecule has 1 aromatic carbocycles. The molecular formula is C20H30N2O2S. The predicted octanol–water partition coefficient (Wildman–Crippen LogP) is 3.45. The zero-order chi connectivity index (χ0) is 18.4. The molecule has 0 unspecified atom stereocenters. The smallest absolute Gasteiger partial charge is 0.227 e. The highest BCUT2D eigenvalue weighted by Gasteiger charge is 2.24. The molecule has 0 spiro atoms. The molecule has 2 amide bonds. The summed E-state index contributed by atoms with van der Waals surface area (Å²) in [4.78, 5) is 29.6. The normalized spacial score (nSPS) is 15.1. The molecule has 138 valence electrons. The maximum atomic E-state index is 12.5. The number of carbonyl (C=O) groups is 2. The third kappa shape index (κ3) is 6.38. The zero-order valence-electron chi connectivity index (χ0n) is 15.8. The first-order valence-corrected chi connectivity index (χ1v) is 10.0. The van der Waals surface area contributed by atoms with Gasteiger partial charge in [0.2, 0.25) is 11.8 Å². The van der Waals surface area contributed by atoms with E-state index in [0.717, 1.165) is 5.56 Å². The van der Waals surface area contributed by atoms with Crippen LogP contribution in [-0.4, -0.2) is 53.0 Å². The van der Waals surface area contributed by atoms with Crippen LogP contribution in [0.1, 0.15) is 39.7 Å². The molecule has 1 fully saturated rings. The number of carbonyl (C=O) groups excluding carboxylic acids is 2. The SMILES string of the molecule is CC(C)CC(=O)N1CCN(C(=O)Cc2ccc(SC(C)C)cc2)CC1. The monoisotopic (exact) mass is 362 g/mol. The standard InChI is InChI=1S/C20H30N2O2S/c1-15(2)13-19(23)21-9-11-22(12-10-21)20(24)14-17-5-7-18(8-6-17)25-16(3)4/h5-8,15-16H,9-14H2,1-4H3. The molecule has 0 bridgehead atoms. The number of rotatable bonds is 6. The summed E-state index contributed by atoms with van der Waals surface area (Å²) in [6, 6.07) is 8.28. The summed E-state index contributed by atoms with van der Waals surface area (Å²) in [6.45, 7) is 11.1. The number of hydrogen-bond acceptors (Lipinski definition) is 3. The lowest BCUT2D eigenvalue weighted by molar-refractivity contribution is -0.139. The molecular weight excluding hydrogens is 332 g/mol. The Morgan fingerprint density at radius 3 is 1.92 bits per heavy atom. The van der Waals surface area contributed by atoms with Crippen molar-refractivity contribution < 1.29 is 9.59 Å². The Morgan fingerprint density at radius 2 is 1.44 bits per heavy atom. The van der Waals surface area contributed by atoms with E-state index in [0.29, 0.717) is 50.2 Å². The fourth-order valence-corrected chi connectivity index (χ4v) is 3.77. The molecule has 0 aromatic heterocycles. The highest BCUT2D eigenvalue weighted by molar-refractivity contribution is 7.99. The van der Waals surface area contributed by atoms with Gasteiger partial charge in [-0.15, -0.1) is 11.8 Å². The zero-order valence-corrected chi connectivity index (χ0v) is 16.6. The van der Waals surface area contributed by atoms with Gasteiger partial charge in [-0.25, -0.2) is 0 Å². The summed E-state index contributed by atoms with van der Waals surface area (Å²) in [5, 5.41) is 0.558. The average Bonchev–Trinajstić information content (AvgIpc) is 2.55. The second-order valence-corrected chi connectivity index (χ2v) is 9.00. The van der Waals surface area contributed by atoms with Gasteiger partial charge < -0.3 is 9.80 Å². The van der Waals surface area contributed by atoms with Crippen LogP contribution >= 0.6 is 11.8 Å². The van der Waals surface area contributed by atoms with E-state index in [1.807, 2.05) is 33.7 Å². The van der Waals surface area contributed by atoms with Crippen LogP contribution in [0, 0.1) is 5.92 Å². The third-order valence-corrected chi connectivity index (χ3v) is 5.23. The first kappa shape index (κ1) is 19.8. The lowest BCUT2D eigenvalue weighted by Crippen LogP contribution is -2.51. The Bertz CT molecular complexity index is 576. The summed E-state index contributed by atoms with van der Waals surface area (Å²) >= 11 is 1.83. The number of thioether (sulfide) groups is 1. The Balaban J connectivity index is 1.81. The van der Waals surface area contributed by atoms with Crippen molar-refractivity contribution in [3.8, 4) is 0 Å². The van der Waals surface area contributed by atoms with E-state index < -0.39 is 0 Å². The molecule has 25 heavy (non-hydrogen) atoms. The van der Waals surface area contributed by atoms with Gasteiger partial charge in [0.05, 0.1) is 6.42 Å². The van der Waals surface area contributed by atoms with Crippen molar-refractivity contribution in [3.05, 3.63) is 29.8 Å². The maximum Gasteiger partial charge on any atom is 0.227 e. The quantitative estimate of drug-likeness (QED) is 0.728. The minimum absolute atomic E-state index is 0.153. The van der Waals surface area contributed by atoms with Gasteiger partial charge in [-0.1, -0.05) is 39.8 Å². The summed E-state index contributed by atoms with van der Waals surface area (Å²) in [6.07, 6.45) is 1.03. The first-order valence-electron chi connectivity index (χ1n) is 9.16. The van der Waals surface area contributed by atoms with E-state index in [4.69, 9.17) is 0 Å². The van der Waals surface area contributed by atoms with Crippen molar-refractivity contribution in [1.82, 2.24) is 9.80 Å². The third-order valence-electron chi connectivity index (χ3n) is 4.22. The van der Waals surface area contributed by atoms with Gasteiger partial charge in [0.15, 0.2) is 0 Å². The van der Waals surface area contributed by atoms with Gasteiger partial charge in [-0.2, -0.15) is 0 Å². The van der Waals surface area contributed by atoms with Crippen LogP contribution < -0.4 is 0 Å². The number of benzene rings is 1. The van der Waals surface area contributed by atoms with Gasteiger partial charge in [-0.3, -0.25) is 9.59 Å². The first-order chi connectivity index (χ1) is 11.8. The maximum absolute atomic E-state index is 12.5. The molecule has 0 radical (unpaired) electrons. The van der Waals surface area contributed by atoms with Gasteiger partial charge in [-0.05, 0) is 23.6 Å². The van der Waals surface area contributed by atoms with Gasteiger partial charge in [0.1, 0.15) is 0 Å². The molecule has 1 aliphatic heterocycles. The summed E-state index contributed by atoms with van der Waals surface area (Å²) in [5.41, 5.74) is 1.05. The van der Waals surface area contributed by atoms with Crippen molar-refractivity contribution in [3.63, 3.8) is 0 Å². The highest BCUT2D eigenvalue weighted by atomic mass is 32.2. The minimum Gasteiger partial charge on any atom is -0.339 e. The lowest BCUT2D eigenvalue weighted by atomic mass is 10.1. The van der Waals surface area contributed by atoms with Crippen LogP contribution in [0.2, 0.25) is 0 Å². The number of nitrogens with zero attached hydrogens (tertiary/aromatic N) is 2. The van der Waals surface area contributed by atoms with Crippen molar-refractivity contribution in [2.24, 2.45) is 5.92 Å². The van der Waals surface area contributed by atoms with Crippen LogP contribution in [0.25, 0.3) is 0 Å². The molecule has 0 aliphatic carbocycles. The number of hydrogen-bond donors (Lipinski definition) is 0. The van der Waals surface area contributed by atoms with E-state index in [-0.39, 0.29) is 11.8 Å². The van der Waals surface area contributed by atoms with Gasteiger partial charge in [0.25, 0.3) is 0 Å². The second kappa shape index (κ2) is 9.27. The molecule has 1 heterocycles. The van der Waals surface area contributed by atoms with Gasteiger partial charge >= 0.3 is 0 Å². The fraction of sp³-hybridized carbons (Fsp3) is 0.600. The van der Waals surface area contributed by atoms with Crippen molar-refractivity contribution in [1.29, 1.82) is 0 Å². The van der Waals surface area contributed by atoms with E-state index in [2.05, 4.69) is 39.8 Å². The molecule has 1 saturated heterocycles. The Kier molecular flexibility index (Phi) is 7.36.